The van der Waals surface area contributed by atoms with Gasteiger partial charge in [-0.1, -0.05) is 27.2 Å². The van der Waals surface area contributed by atoms with Crippen LogP contribution in [0.15, 0.2) is 44.7 Å². The molecule has 27 heavy (non-hydrogen) atoms. The molecule has 0 aliphatic rings. The molecule has 2 aromatic heterocycles. The molecule has 3 aromatic rings. The van der Waals surface area contributed by atoms with Crippen molar-refractivity contribution >= 4 is 44.8 Å². The van der Waals surface area contributed by atoms with E-state index in [1.54, 1.807) is 6.07 Å². The lowest BCUT2D eigenvalue weighted by atomic mass is 10.2. The first-order chi connectivity index (χ1) is 13.0. The molecular formula is C18H17BrN4O3S. The van der Waals surface area contributed by atoms with Crippen LogP contribution in [0.1, 0.15) is 17.9 Å². The maximum absolute atomic E-state index is 12.0. The van der Waals surface area contributed by atoms with Gasteiger partial charge in [0.25, 0.3) is 0 Å². The maximum Gasteiger partial charge on any atom is 0.243 e. The van der Waals surface area contributed by atoms with Crippen LogP contribution in [0.25, 0.3) is 10.7 Å². The van der Waals surface area contributed by atoms with E-state index in [9.17, 15) is 9.59 Å². The molecule has 0 fully saturated rings. The standard InChI is InChI=1S/C18H17BrN4O3S/c1-11-9-12(19)4-5-13(11)21-16(25)10-20-15(24)6-7-17-22-18(23-26-17)14-3-2-8-27-14/h2-5,8-9H,6-7,10H2,1H3,(H,20,24)(H,21,25). The second kappa shape index (κ2) is 8.92. The first-order valence-electron chi connectivity index (χ1n) is 8.20. The highest BCUT2D eigenvalue weighted by atomic mass is 79.9. The number of hydrogen-bond donors (Lipinski definition) is 2. The molecule has 0 unspecified atom stereocenters. The molecular weight excluding hydrogens is 432 g/mol. The van der Waals surface area contributed by atoms with Gasteiger partial charge in [-0.25, -0.2) is 0 Å². The summed E-state index contributed by atoms with van der Waals surface area (Å²) < 4.78 is 6.09. The normalized spacial score (nSPS) is 10.6. The summed E-state index contributed by atoms with van der Waals surface area (Å²) in [4.78, 5) is 29.1. The third kappa shape index (κ3) is 5.48. The van der Waals surface area contributed by atoms with E-state index in [0.717, 1.165) is 14.9 Å². The summed E-state index contributed by atoms with van der Waals surface area (Å²) in [5.74, 6) is 0.369. The van der Waals surface area contributed by atoms with E-state index in [4.69, 9.17) is 4.52 Å². The molecule has 140 valence electrons. The van der Waals surface area contributed by atoms with Gasteiger partial charge in [0.1, 0.15) is 0 Å². The number of halogens is 1. The van der Waals surface area contributed by atoms with Crippen LogP contribution in [-0.4, -0.2) is 28.5 Å². The first-order valence-corrected chi connectivity index (χ1v) is 9.87. The number of rotatable bonds is 7. The second-order valence-corrected chi connectivity index (χ2v) is 7.64. The minimum atomic E-state index is -0.286. The third-order valence-corrected chi connectivity index (χ3v) is 5.04. The zero-order valence-electron chi connectivity index (χ0n) is 14.5. The number of hydrogen-bond acceptors (Lipinski definition) is 6. The number of nitrogens with one attached hydrogen (secondary N) is 2. The van der Waals surface area contributed by atoms with Crippen LogP contribution in [0, 0.1) is 6.92 Å². The van der Waals surface area contributed by atoms with Gasteiger partial charge in [0.05, 0.1) is 11.4 Å². The molecule has 2 N–H and O–H groups in total. The Hall–Kier alpha value is -2.52. The fraction of sp³-hybridized carbons (Fsp3) is 0.222. The van der Waals surface area contributed by atoms with Crippen molar-refractivity contribution in [1.29, 1.82) is 0 Å². The highest BCUT2D eigenvalue weighted by Gasteiger charge is 2.12. The Balaban J connectivity index is 1.42. The highest BCUT2D eigenvalue weighted by molar-refractivity contribution is 9.10. The largest absolute Gasteiger partial charge is 0.347 e. The molecule has 0 saturated carbocycles. The lowest BCUT2D eigenvalue weighted by Gasteiger charge is -2.09. The molecule has 2 amide bonds. The third-order valence-electron chi connectivity index (χ3n) is 3.68. The van der Waals surface area contributed by atoms with E-state index >= 15 is 0 Å². The predicted molar refractivity (Wildman–Crippen MR) is 106 cm³/mol. The second-order valence-electron chi connectivity index (χ2n) is 5.77. The number of carbonyl (C=O) groups is 2. The number of amides is 2. The number of benzene rings is 1. The molecule has 0 saturated heterocycles. The summed E-state index contributed by atoms with van der Waals surface area (Å²) in [7, 11) is 0. The average Bonchev–Trinajstić information content (AvgIpc) is 3.32. The quantitative estimate of drug-likeness (QED) is 0.575. The van der Waals surface area contributed by atoms with Gasteiger partial charge in [-0.3, -0.25) is 9.59 Å². The van der Waals surface area contributed by atoms with E-state index in [1.807, 2.05) is 36.6 Å². The molecule has 0 aliphatic heterocycles. The minimum absolute atomic E-state index is 0.0986. The van der Waals surface area contributed by atoms with E-state index in [2.05, 4.69) is 36.7 Å². The van der Waals surface area contributed by atoms with Crippen LogP contribution in [0.3, 0.4) is 0 Å². The topological polar surface area (TPSA) is 97.1 Å². The molecule has 0 aliphatic carbocycles. The van der Waals surface area contributed by atoms with Gasteiger partial charge in [-0.15, -0.1) is 11.3 Å². The summed E-state index contributed by atoms with van der Waals surface area (Å²) in [5.41, 5.74) is 1.64. The highest BCUT2D eigenvalue weighted by Crippen LogP contribution is 2.21. The van der Waals surface area contributed by atoms with E-state index in [0.29, 0.717) is 23.8 Å². The smallest absolute Gasteiger partial charge is 0.243 e. The maximum atomic E-state index is 12.0. The molecule has 0 atom stereocenters. The van der Waals surface area contributed by atoms with Crippen LogP contribution >= 0.6 is 27.3 Å². The summed E-state index contributed by atoms with van der Waals surface area (Å²) in [6, 6.07) is 9.36. The predicted octanol–water partition coefficient (Wildman–Crippen LogP) is 3.56. The fourth-order valence-corrected chi connectivity index (χ4v) is 3.44. The average molecular weight is 449 g/mol. The Labute approximate surface area is 168 Å². The van der Waals surface area contributed by atoms with Gasteiger partial charge in [-0.05, 0) is 42.1 Å². The molecule has 3 rings (SSSR count). The Morgan fingerprint density at radius 2 is 2.11 bits per heavy atom. The van der Waals surface area contributed by atoms with Gasteiger partial charge in [0.2, 0.25) is 23.5 Å². The Kier molecular flexibility index (Phi) is 6.36. The monoisotopic (exact) mass is 448 g/mol. The summed E-state index contributed by atoms with van der Waals surface area (Å²) in [5, 5.41) is 11.2. The van der Waals surface area contributed by atoms with Crippen molar-refractivity contribution in [3.8, 4) is 10.7 Å². The van der Waals surface area contributed by atoms with E-state index in [-0.39, 0.29) is 24.8 Å². The van der Waals surface area contributed by atoms with Crippen molar-refractivity contribution in [2.75, 3.05) is 11.9 Å². The van der Waals surface area contributed by atoms with Crippen molar-refractivity contribution in [3.63, 3.8) is 0 Å². The number of nitrogens with zero attached hydrogens (tertiary/aromatic N) is 2. The zero-order valence-corrected chi connectivity index (χ0v) is 16.9. The lowest BCUT2D eigenvalue weighted by molar-refractivity contribution is -0.124. The Morgan fingerprint density at radius 3 is 2.85 bits per heavy atom. The van der Waals surface area contributed by atoms with Gasteiger partial charge >= 0.3 is 0 Å². The number of anilines is 1. The molecule has 0 spiro atoms. The SMILES string of the molecule is Cc1cc(Br)ccc1NC(=O)CNC(=O)CCc1nc(-c2cccs2)no1. The number of carbonyl (C=O) groups excluding carboxylic acids is 2. The molecule has 1 aromatic carbocycles. The van der Waals surface area contributed by atoms with Crippen LogP contribution in [0.4, 0.5) is 5.69 Å². The molecule has 0 bridgehead atoms. The first kappa shape index (κ1) is 19.2. The van der Waals surface area contributed by atoms with Gasteiger partial charge < -0.3 is 15.2 Å². The van der Waals surface area contributed by atoms with Crippen molar-refractivity contribution in [1.82, 2.24) is 15.5 Å². The van der Waals surface area contributed by atoms with Crippen molar-refractivity contribution in [3.05, 3.63) is 51.6 Å². The van der Waals surface area contributed by atoms with Crippen molar-refractivity contribution < 1.29 is 14.1 Å². The summed E-state index contributed by atoms with van der Waals surface area (Å²) >= 11 is 4.89. The summed E-state index contributed by atoms with van der Waals surface area (Å²) in [6.45, 7) is 1.80. The van der Waals surface area contributed by atoms with Crippen LogP contribution in [0.2, 0.25) is 0 Å². The Bertz CT molecular complexity index is 940. The van der Waals surface area contributed by atoms with E-state index in [1.165, 1.54) is 11.3 Å². The van der Waals surface area contributed by atoms with Gasteiger partial charge in [0.15, 0.2) is 0 Å². The van der Waals surface area contributed by atoms with E-state index < -0.39 is 0 Å². The summed E-state index contributed by atoms with van der Waals surface area (Å²) in [6.07, 6.45) is 0.480. The molecule has 9 heteroatoms. The number of aromatic nitrogens is 2. The Morgan fingerprint density at radius 1 is 1.26 bits per heavy atom. The molecule has 2 heterocycles. The molecule has 0 radical (unpaired) electrons. The van der Waals surface area contributed by atoms with Gasteiger partial charge in [0, 0.05) is 23.0 Å². The number of aryl methyl sites for hydroxylation is 2. The van der Waals surface area contributed by atoms with Crippen LogP contribution in [0.5, 0.6) is 0 Å². The molecule has 7 nitrogen and oxygen atoms in total. The van der Waals surface area contributed by atoms with Crippen molar-refractivity contribution in [2.45, 2.75) is 19.8 Å². The lowest BCUT2D eigenvalue weighted by Crippen LogP contribution is -2.33. The number of thiophene rings is 1. The fourth-order valence-electron chi connectivity index (χ4n) is 2.31. The van der Waals surface area contributed by atoms with Crippen LogP contribution in [-0.2, 0) is 16.0 Å². The van der Waals surface area contributed by atoms with Gasteiger partial charge in [-0.2, -0.15) is 4.98 Å². The van der Waals surface area contributed by atoms with Crippen molar-refractivity contribution in [2.24, 2.45) is 0 Å². The van der Waals surface area contributed by atoms with Crippen LogP contribution < -0.4 is 10.6 Å². The zero-order chi connectivity index (χ0) is 19.2. The minimum Gasteiger partial charge on any atom is -0.347 e.